The largest absolute Gasteiger partial charge is 0.489 e. The average molecular weight is 530 g/mol. The number of hydrogen-bond donors (Lipinski definition) is 1. The van der Waals surface area contributed by atoms with Crippen molar-refractivity contribution in [1.82, 2.24) is 5.32 Å². The van der Waals surface area contributed by atoms with Gasteiger partial charge in [-0.2, -0.15) is 0 Å². The van der Waals surface area contributed by atoms with Gasteiger partial charge in [-0.15, -0.1) is 0 Å². The van der Waals surface area contributed by atoms with Gasteiger partial charge in [0.15, 0.2) is 11.5 Å². The van der Waals surface area contributed by atoms with Gasteiger partial charge in [0, 0.05) is 13.0 Å². The van der Waals surface area contributed by atoms with Crippen molar-refractivity contribution in [2.45, 2.75) is 65.5 Å². The fourth-order valence-electron chi connectivity index (χ4n) is 5.13. The second-order valence-corrected chi connectivity index (χ2v) is 9.67. The summed E-state index contributed by atoms with van der Waals surface area (Å²) in [5.41, 5.74) is 5.45. The van der Waals surface area contributed by atoms with Gasteiger partial charge in [0.1, 0.15) is 17.6 Å². The molecule has 3 aromatic rings. The second kappa shape index (κ2) is 13.3. The highest BCUT2D eigenvalue weighted by molar-refractivity contribution is 5.99. The molecule has 0 radical (unpaired) electrons. The molecule has 0 saturated carbocycles. The summed E-state index contributed by atoms with van der Waals surface area (Å²) in [6.45, 7) is 8.17. The molecule has 4 rings (SSSR count). The molecule has 1 aliphatic heterocycles. The molecule has 0 spiro atoms. The van der Waals surface area contributed by atoms with E-state index in [0.29, 0.717) is 11.8 Å². The maximum absolute atomic E-state index is 11.4. The van der Waals surface area contributed by atoms with Gasteiger partial charge < -0.3 is 24.3 Å². The lowest BCUT2D eigenvalue weighted by Crippen LogP contribution is -2.40. The Labute approximate surface area is 231 Å². The van der Waals surface area contributed by atoms with Gasteiger partial charge >= 0.3 is 5.97 Å². The van der Waals surface area contributed by atoms with Crippen LogP contribution in [0.25, 0.3) is 11.1 Å². The van der Waals surface area contributed by atoms with Crippen molar-refractivity contribution in [3.8, 4) is 23.0 Å². The Morgan fingerprint density at radius 3 is 2.05 bits per heavy atom. The third-order valence-corrected chi connectivity index (χ3v) is 7.04. The second-order valence-electron chi connectivity index (χ2n) is 9.67. The molecule has 6 nitrogen and oxygen atoms in total. The molecule has 0 aromatic heterocycles. The van der Waals surface area contributed by atoms with E-state index in [2.05, 4.69) is 56.4 Å². The first-order valence-electron chi connectivity index (χ1n) is 13.8. The van der Waals surface area contributed by atoms with Crippen LogP contribution in [0.4, 0.5) is 0 Å². The van der Waals surface area contributed by atoms with Crippen LogP contribution >= 0.6 is 0 Å². The number of likely N-dealkylation sites (N-methyl/N-ethyl adjacent to an activating group) is 1. The smallest absolute Gasteiger partial charge is 0.308 e. The van der Waals surface area contributed by atoms with Crippen molar-refractivity contribution in [3.63, 3.8) is 0 Å². The maximum atomic E-state index is 11.4. The summed E-state index contributed by atoms with van der Waals surface area (Å²) >= 11 is 0. The summed E-state index contributed by atoms with van der Waals surface area (Å²) in [4.78, 5) is 11.4. The molecule has 1 heterocycles. The van der Waals surface area contributed by atoms with E-state index in [1.807, 2.05) is 43.4 Å². The fraction of sp³-hybridized carbons (Fsp3) is 0.364. The standard InChI is InChI=1S/C33H39NO5/c1-6-9-30(29(8-3)34-5)39-27-17-12-24(13-18-27)33(23-10-15-26(16-11-23)38-22(4)35)28(7-2)25-14-19-31-32(20-25)37-21-36-31/h10-20,29-30,34H,6-9,21H2,1-5H3. The van der Waals surface area contributed by atoms with Crippen LogP contribution in [0.3, 0.4) is 0 Å². The number of carbonyl (C=O) groups is 1. The highest BCUT2D eigenvalue weighted by Gasteiger charge is 2.21. The summed E-state index contributed by atoms with van der Waals surface area (Å²) in [6.07, 6.45) is 3.97. The van der Waals surface area contributed by atoms with Crippen molar-refractivity contribution in [2.24, 2.45) is 0 Å². The lowest BCUT2D eigenvalue weighted by molar-refractivity contribution is -0.131. The van der Waals surface area contributed by atoms with Gasteiger partial charge in [-0.05, 0) is 90.5 Å². The lowest BCUT2D eigenvalue weighted by atomic mass is 9.88. The van der Waals surface area contributed by atoms with Crippen molar-refractivity contribution in [1.29, 1.82) is 0 Å². The Morgan fingerprint density at radius 2 is 1.49 bits per heavy atom. The first kappa shape index (κ1) is 28.2. The van der Waals surface area contributed by atoms with E-state index in [9.17, 15) is 4.79 Å². The van der Waals surface area contributed by atoms with Gasteiger partial charge in [0.2, 0.25) is 6.79 Å². The van der Waals surface area contributed by atoms with E-state index in [1.54, 1.807) is 0 Å². The Morgan fingerprint density at radius 1 is 0.872 bits per heavy atom. The highest BCUT2D eigenvalue weighted by atomic mass is 16.7. The Hall–Kier alpha value is -3.77. The van der Waals surface area contributed by atoms with E-state index >= 15 is 0 Å². The normalized spacial score (nSPS) is 14.4. The highest BCUT2D eigenvalue weighted by Crippen LogP contribution is 2.40. The Bertz CT molecular complexity index is 1280. The summed E-state index contributed by atoms with van der Waals surface area (Å²) in [7, 11) is 2.00. The van der Waals surface area contributed by atoms with E-state index in [-0.39, 0.29) is 18.9 Å². The topological polar surface area (TPSA) is 66.0 Å². The first-order valence-corrected chi connectivity index (χ1v) is 13.8. The predicted molar refractivity (Wildman–Crippen MR) is 155 cm³/mol. The number of rotatable bonds is 12. The van der Waals surface area contributed by atoms with E-state index in [4.69, 9.17) is 18.9 Å². The number of fused-ring (bicyclic) bond motifs is 1. The number of nitrogens with one attached hydrogen (secondary N) is 1. The summed E-state index contributed by atoms with van der Waals surface area (Å²) in [5.74, 6) is 2.55. The molecule has 2 atom stereocenters. The van der Waals surface area contributed by atoms with Gasteiger partial charge in [0.25, 0.3) is 0 Å². The number of ether oxygens (including phenoxy) is 4. The van der Waals surface area contributed by atoms with E-state index in [0.717, 1.165) is 65.2 Å². The molecular weight excluding hydrogens is 490 g/mol. The zero-order valence-electron chi connectivity index (χ0n) is 23.6. The number of benzene rings is 3. The number of hydrogen-bond acceptors (Lipinski definition) is 6. The minimum atomic E-state index is -0.339. The van der Waals surface area contributed by atoms with E-state index in [1.165, 1.54) is 12.5 Å². The monoisotopic (exact) mass is 529 g/mol. The zero-order chi connectivity index (χ0) is 27.8. The molecule has 1 N–H and O–H groups in total. The van der Waals surface area contributed by atoms with Gasteiger partial charge in [0.05, 0.1) is 0 Å². The molecule has 2 unspecified atom stereocenters. The third-order valence-electron chi connectivity index (χ3n) is 7.04. The van der Waals surface area contributed by atoms with Gasteiger partial charge in [-0.1, -0.05) is 57.5 Å². The molecule has 0 saturated heterocycles. The Kier molecular flexibility index (Phi) is 9.66. The predicted octanol–water partition coefficient (Wildman–Crippen LogP) is 7.26. The van der Waals surface area contributed by atoms with Crippen LogP contribution in [-0.4, -0.2) is 32.0 Å². The molecule has 206 valence electrons. The van der Waals surface area contributed by atoms with Gasteiger partial charge in [-0.25, -0.2) is 0 Å². The molecule has 6 heteroatoms. The van der Waals surface area contributed by atoms with Crippen LogP contribution in [0.15, 0.2) is 66.7 Å². The SMILES string of the molecule is CCCC(Oc1ccc(C(=C(CC)c2ccc3c(c2)OCO3)c2ccc(OC(C)=O)cc2)cc1)C(CC)NC. The fourth-order valence-corrected chi connectivity index (χ4v) is 5.13. The van der Waals surface area contributed by atoms with Crippen molar-refractivity contribution < 1.29 is 23.7 Å². The minimum absolute atomic E-state index is 0.111. The maximum Gasteiger partial charge on any atom is 0.308 e. The molecule has 0 fully saturated rings. The van der Waals surface area contributed by atoms with Crippen LogP contribution in [0.5, 0.6) is 23.0 Å². The van der Waals surface area contributed by atoms with Crippen molar-refractivity contribution in [2.75, 3.05) is 13.8 Å². The molecular formula is C33H39NO5. The van der Waals surface area contributed by atoms with Gasteiger partial charge in [-0.3, -0.25) is 4.79 Å². The average Bonchev–Trinajstić information content (AvgIpc) is 3.41. The van der Waals surface area contributed by atoms with E-state index < -0.39 is 0 Å². The summed E-state index contributed by atoms with van der Waals surface area (Å²) in [6, 6.07) is 22.4. The summed E-state index contributed by atoms with van der Waals surface area (Å²) in [5, 5.41) is 3.40. The first-order chi connectivity index (χ1) is 19.0. The Balaban J connectivity index is 1.75. The molecule has 39 heavy (non-hydrogen) atoms. The molecule has 0 amide bonds. The van der Waals surface area contributed by atoms with Crippen LogP contribution in [-0.2, 0) is 4.79 Å². The number of carbonyl (C=O) groups excluding carboxylic acids is 1. The van der Waals surface area contributed by atoms with Crippen LogP contribution in [0.2, 0.25) is 0 Å². The molecule has 3 aromatic carbocycles. The molecule has 0 bridgehead atoms. The van der Waals surface area contributed by atoms with Crippen LogP contribution in [0, 0.1) is 0 Å². The third kappa shape index (κ3) is 6.82. The minimum Gasteiger partial charge on any atom is -0.489 e. The molecule has 0 aliphatic carbocycles. The number of esters is 1. The number of allylic oxidation sites excluding steroid dienone is 1. The molecule has 1 aliphatic rings. The van der Waals surface area contributed by atoms with Crippen molar-refractivity contribution in [3.05, 3.63) is 83.4 Å². The van der Waals surface area contributed by atoms with Crippen LogP contribution < -0.4 is 24.3 Å². The lowest BCUT2D eigenvalue weighted by Gasteiger charge is -2.27. The van der Waals surface area contributed by atoms with Crippen LogP contribution in [0.1, 0.15) is 70.1 Å². The quantitative estimate of drug-likeness (QED) is 0.151. The summed E-state index contributed by atoms with van der Waals surface area (Å²) < 4.78 is 22.9. The zero-order valence-corrected chi connectivity index (χ0v) is 23.6. The van der Waals surface area contributed by atoms with Crippen molar-refractivity contribution >= 4 is 17.1 Å².